The van der Waals surface area contributed by atoms with E-state index in [1.165, 1.54) is 0 Å². The number of aromatic nitrogens is 2. The van der Waals surface area contributed by atoms with Gasteiger partial charge in [-0.1, -0.05) is 6.92 Å². The fraction of sp³-hybridized carbons (Fsp3) is 0.522. The lowest BCUT2D eigenvalue weighted by Gasteiger charge is -2.23. The SMILES string of the molecule is C[C@@H]1CC[C@H](c2cnc(Nc3c(F)cc(S(N)(=O)=O)cc3F)nc2)CC[C@@H]1OC(=O)NC1(C)CC1. The van der Waals surface area contributed by atoms with Crippen LogP contribution in [0.3, 0.4) is 0 Å². The number of benzene rings is 1. The largest absolute Gasteiger partial charge is 0.446 e. The topological polar surface area (TPSA) is 136 Å². The quantitative estimate of drug-likeness (QED) is 0.499. The van der Waals surface area contributed by atoms with E-state index in [1.54, 1.807) is 12.4 Å². The number of carbonyl (C=O) groups excluding carboxylic acids is 1. The average molecular weight is 510 g/mol. The second-order valence-electron chi connectivity index (χ2n) is 9.73. The first-order valence-electron chi connectivity index (χ1n) is 11.5. The van der Waals surface area contributed by atoms with Crippen molar-refractivity contribution in [3.63, 3.8) is 0 Å². The number of rotatable bonds is 6. The van der Waals surface area contributed by atoms with Crippen molar-refractivity contribution in [2.75, 3.05) is 5.32 Å². The molecule has 12 heteroatoms. The first kappa shape index (κ1) is 25.2. The molecular weight excluding hydrogens is 480 g/mol. The molecule has 2 saturated carbocycles. The number of hydrogen-bond acceptors (Lipinski definition) is 7. The summed E-state index contributed by atoms with van der Waals surface area (Å²) >= 11 is 0. The van der Waals surface area contributed by atoms with Crippen LogP contribution >= 0.6 is 0 Å². The number of alkyl carbamates (subject to hydrolysis) is 1. The predicted molar refractivity (Wildman–Crippen MR) is 124 cm³/mol. The van der Waals surface area contributed by atoms with Crippen LogP contribution < -0.4 is 15.8 Å². The zero-order valence-corrected chi connectivity index (χ0v) is 20.4. The Kier molecular flexibility index (Phi) is 6.96. The molecule has 9 nitrogen and oxygen atoms in total. The summed E-state index contributed by atoms with van der Waals surface area (Å²) in [6.45, 7) is 4.08. The number of hydrogen-bond donors (Lipinski definition) is 3. The number of halogens is 2. The molecule has 0 bridgehead atoms. The lowest BCUT2D eigenvalue weighted by molar-refractivity contribution is 0.0596. The van der Waals surface area contributed by atoms with Gasteiger partial charge in [0.05, 0.1) is 4.90 Å². The van der Waals surface area contributed by atoms with E-state index in [4.69, 9.17) is 9.88 Å². The fourth-order valence-corrected chi connectivity index (χ4v) is 4.77. The molecule has 1 aromatic carbocycles. The van der Waals surface area contributed by atoms with Crippen molar-refractivity contribution in [2.45, 2.75) is 74.8 Å². The van der Waals surface area contributed by atoms with E-state index in [0.29, 0.717) is 18.6 Å². The Morgan fingerprint density at radius 1 is 1.11 bits per heavy atom. The van der Waals surface area contributed by atoms with Crippen LogP contribution in [-0.4, -0.2) is 36.1 Å². The van der Waals surface area contributed by atoms with Gasteiger partial charge in [0.25, 0.3) is 0 Å². The van der Waals surface area contributed by atoms with Gasteiger partial charge < -0.3 is 15.4 Å². The lowest BCUT2D eigenvalue weighted by atomic mass is 9.93. The van der Waals surface area contributed by atoms with Gasteiger partial charge in [-0.3, -0.25) is 0 Å². The van der Waals surface area contributed by atoms with Crippen molar-refractivity contribution >= 4 is 27.8 Å². The molecule has 2 aliphatic rings. The van der Waals surface area contributed by atoms with Crippen molar-refractivity contribution in [3.05, 3.63) is 41.7 Å². The molecule has 0 radical (unpaired) electrons. The first-order valence-corrected chi connectivity index (χ1v) is 13.1. The van der Waals surface area contributed by atoms with E-state index in [0.717, 1.165) is 37.7 Å². The Morgan fingerprint density at radius 2 is 1.71 bits per heavy atom. The van der Waals surface area contributed by atoms with Crippen LogP contribution in [0.5, 0.6) is 0 Å². The molecule has 2 aliphatic carbocycles. The summed E-state index contributed by atoms with van der Waals surface area (Å²) in [5.74, 6) is -1.93. The van der Waals surface area contributed by atoms with Gasteiger partial charge in [0.15, 0.2) is 11.6 Å². The van der Waals surface area contributed by atoms with Crippen molar-refractivity contribution in [3.8, 4) is 0 Å². The Balaban J connectivity index is 1.38. The average Bonchev–Trinajstić information content (AvgIpc) is 3.53. The molecule has 190 valence electrons. The highest BCUT2D eigenvalue weighted by atomic mass is 32.2. The third kappa shape index (κ3) is 6.23. The van der Waals surface area contributed by atoms with Crippen LogP contribution in [0.4, 0.5) is 25.2 Å². The molecular formula is C23H29F2N5O4S. The minimum absolute atomic E-state index is 0.0386. The maximum atomic E-state index is 14.3. The number of sulfonamides is 1. The van der Waals surface area contributed by atoms with Gasteiger partial charge >= 0.3 is 6.09 Å². The normalized spacial score (nSPS) is 23.7. The third-order valence-corrected chi connectivity index (χ3v) is 7.68. The number of nitrogens with zero attached hydrogens (tertiary/aromatic N) is 2. The Hall–Kier alpha value is -2.86. The Labute approximate surface area is 202 Å². The highest BCUT2D eigenvalue weighted by Crippen LogP contribution is 2.37. The molecule has 3 atom stereocenters. The van der Waals surface area contributed by atoms with E-state index >= 15 is 0 Å². The minimum Gasteiger partial charge on any atom is -0.446 e. The van der Waals surface area contributed by atoms with Crippen molar-refractivity contribution in [2.24, 2.45) is 11.1 Å². The third-order valence-electron chi connectivity index (χ3n) is 6.79. The summed E-state index contributed by atoms with van der Waals surface area (Å²) in [5, 5.41) is 10.3. The fourth-order valence-electron chi connectivity index (χ4n) is 4.24. The summed E-state index contributed by atoms with van der Waals surface area (Å²) in [6, 6.07) is 1.26. The number of nitrogens with one attached hydrogen (secondary N) is 2. The van der Waals surface area contributed by atoms with Gasteiger partial charge in [0.1, 0.15) is 11.8 Å². The maximum Gasteiger partial charge on any atom is 0.407 e. The van der Waals surface area contributed by atoms with E-state index in [2.05, 4.69) is 27.5 Å². The van der Waals surface area contributed by atoms with Gasteiger partial charge in [0, 0.05) is 17.9 Å². The van der Waals surface area contributed by atoms with Gasteiger partial charge in [-0.2, -0.15) is 0 Å². The van der Waals surface area contributed by atoms with E-state index in [-0.39, 0.29) is 35.5 Å². The number of nitrogens with two attached hydrogens (primary N) is 1. The highest BCUT2D eigenvalue weighted by molar-refractivity contribution is 7.89. The van der Waals surface area contributed by atoms with Gasteiger partial charge in [-0.25, -0.2) is 37.1 Å². The number of amides is 1. The minimum atomic E-state index is -4.25. The standard InChI is InChI=1S/C23H29F2N5O4S/c1-13-3-4-14(5-6-19(13)34-22(31)30-23(2)7-8-23)15-11-27-21(28-12-15)29-20-17(24)9-16(10-18(20)25)35(26,32)33/h9-14,19H,3-8H2,1-2H3,(H,30,31)(H2,26,32,33)(H,27,28,29)/t13-,14+,19+/m1/s1. The summed E-state index contributed by atoms with van der Waals surface area (Å²) in [4.78, 5) is 19.9. The second kappa shape index (κ2) is 9.65. The zero-order valence-electron chi connectivity index (χ0n) is 19.6. The second-order valence-corrected chi connectivity index (χ2v) is 11.3. The lowest BCUT2D eigenvalue weighted by Crippen LogP contribution is -2.38. The van der Waals surface area contributed by atoms with Crippen LogP contribution in [0, 0.1) is 17.6 Å². The van der Waals surface area contributed by atoms with E-state index in [9.17, 15) is 22.0 Å². The van der Waals surface area contributed by atoms with Crippen molar-refractivity contribution < 1.29 is 26.7 Å². The van der Waals surface area contributed by atoms with Crippen molar-refractivity contribution in [1.29, 1.82) is 0 Å². The molecule has 0 aliphatic heterocycles. The summed E-state index contributed by atoms with van der Waals surface area (Å²) in [7, 11) is -4.25. The van der Waals surface area contributed by atoms with E-state index in [1.807, 2.05) is 6.92 Å². The molecule has 0 spiro atoms. The van der Waals surface area contributed by atoms with Gasteiger partial charge in [0.2, 0.25) is 16.0 Å². The Morgan fingerprint density at radius 3 is 2.29 bits per heavy atom. The first-order chi connectivity index (χ1) is 16.4. The molecule has 0 unspecified atom stereocenters. The highest BCUT2D eigenvalue weighted by Gasteiger charge is 2.40. The Bertz CT molecular complexity index is 1180. The molecule has 35 heavy (non-hydrogen) atoms. The zero-order chi connectivity index (χ0) is 25.4. The van der Waals surface area contributed by atoms with Crippen LogP contribution in [-0.2, 0) is 14.8 Å². The number of primary sulfonamides is 1. The molecule has 4 N–H and O–H groups in total. The molecule has 1 amide bonds. The van der Waals surface area contributed by atoms with Crippen LogP contribution in [0.2, 0.25) is 0 Å². The number of ether oxygens (including phenoxy) is 1. The molecule has 1 heterocycles. The van der Waals surface area contributed by atoms with Crippen LogP contribution in [0.1, 0.15) is 63.9 Å². The van der Waals surface area contributed by atoms with Gasteiger partial charge in [-0.05, 0) is 75.0 Å². The summed E-state index contributed by atoms with van der Waals surface area (Å²) in [5.41, 5.74) is 0.173. The smallest absolute Gasteiger partial charge is 0.407 e. The summed E-state index contributed by atoms with van der Waals surface area (Å²) < 4.78 is 57.0. The van der Waals surface area contributed by atoms with E-state index < -0.39 is 32.2 Å². The molecule has 2 fully saturated rings. The summed E-state index contributed by atoms with van der Waals surface area (Å²) in [6.07, 6.45) is 7.83. The van der Waals surface area contributed by atoms with Crippen molar-refractivity contribution in [1.82, 2.24) is 15.3 Å². The van der Waals surface area contributed by atoms with Gasteiger partial charge in [-0.15, -0.1) is 0 Å². The van der Waals surface area contributed by atoms with Crippen LogP contribution in [0.15, 0.2) is 29.4 Å². The number of carbonyl (C=O) groups is 1. The van der Waals surface area contributed by atoms with Crippen LogP contribution in [0.25, 0.3) is 0 Å². The molecule has 4 rings (SSSR count). The maximum absolute atomic E-state index is 14.3. The number of anilines is 2. The molecule has 2 aromatic rings. The predicted octanol–water partition coefficient (Wildman–Crippen LogP) is 4.09. The molecule has 0 saturated heterocycles. The monoisotopic (exact) mass is 509 g/mol. The molecule has 1 aromatic heterocycles.